The standard InChI is InChI=1S/C45H28N4O.C45H28N4S.C40H23N5S.3CH4/c2*1-3-12-29(13-4-1)32-16-11-17-33(28-32)45-47-43(30-14-5-2-6-15-30)46-44(48-45)31-22-24-34(25-23-31)49-39-20-9-7-18-35(39)37-26-27-38-36-19-8-10-21-40(36)50-42(38)41(37)49;41-24-25-9-8-12-28(23-25)40-43-38(26-10-2-1-3-11-26)42-39(44-40)27-17-19-29(20-18-27)45-34-15-6-4-13-30(34)32-21-22-33-31-14-5-7-16-35(31)46-37(33)36(32)45;;;/h2*1-28H;1-23H;3*1H4. The summed E-state index contributed by atoms with van der Waals surface area (Å²) in [7, 11) is 0. The number of hydrogen-bond acceptors (Lipinski definition) is 13. The molecule has 0 atom stereocenters. The van der Waals surface area contributed by atoms with Crippen molar-refractivity contribution in [3.05, 3.63) is 485 Å². The van der Waals surface area contributed by atoms with E-state index in [2.05, 4.69) is 359 Å². The van der Waals surface area contributed by atoms with Crippen LogP contribution in [-0.2, 0) is 0 Å². The van der Waals surface area contributed by atoms with Crippen LogP contribution in [0.25, 0.3) is 270 Å². The SMILES string of the molecule is C.C.C.N#Cc1cccc(-c2nc(-c3ccccc3)nc(-c3ccc(-n4c5ccccc5c5ccc6c7ccccc7sc6c54)cc3)n2)c1.c1ccc(-c2cccc(-c3nc(-c4ccccc4)nc(-c4ccc(-n5c6ccccc6c6ccc7c8ccccc8oc7c65)cc4)n3)c2)cc1.c1ccc(-c2cccc(-c3nc(-c4ccccc4)nc(-c4ccc(-n5c6ccccc6c6ccc7c8ccccc8sc7c65)cc4)n3)c2)cc1. The van der Waals surface area contributed by atoms with Crippen LogP contribution in [0.2, 0.25) is 0 Å². The predicted octanol–water partition coefficient (Wildman–Crippen LogP) is 35.7. The molecule has 0 bridgehead atoms. The number of thiophene rings is 2. The van der Waals surface area contributed by atoms with Crippen molar-refractivity contribution in [1.82, 2.24) is 58.6 Å². The molecule has 0 amide bonds. The normalized spacial score (nSPS) is 11.3. The molecule has 29 aromatic rings. The number of furan rings is 1. The number of rotatable bonds is 14. The van der Waals surface area contributed by atoms with E-state index in [1.165, 1.54) is 89.3 Å². The molecule has 0 spiro atoms. The molecule has 14 nitrogen and oxygen atoms in total. The van der Waals surface area contributed by atoms with Gasteiger partial charge >= 0.3 is 0 Å². The van der Waals surface area contributed by atoms with E-state index in [9.17, 15) is 5.26 Å². The predicted molar refractivity (Wildman–Crippen MR) is 620 cm³/mol. The lowest BCUT2D eigenvalue weighted by Gasteiger charge is -2.11. The van der Waals surface area contributed by atoms with E-state index in [4.69, 9.17) is 49.3 Å². The van der Waals surface area contributed by atoms with E-state index < -0.39 is 0 Å². The summed E-state index contributed by atoms with van der Waals surface area (Å²) < 4.78 is 18.8. The van der Waals surface area contributed by atoms with Crippen LogP contribution in [0.1, 0.15) is 27.8 Å². The highest BCUT2D eigenvalue weighted by Crippen LogP contribution is 2.48. The monoisotopic (exact) mass is 1950 g/mol. The number of para-hydroxylation sites is 4. The molecule has 9 aromatic heterocycles. The fraction of sp³-hybridized carbons (Fsp3) is 0.0226. The fourth-order valence-electron chi connectivity index (χ4n) is 20.5. The summed E-state index contributed by atoms with van der Waals surface area (Å²) >= 11 is 3.71. The summed E-state index contributed by atoms with van der Waals surface area (Å²) in [6, 6.07) is 168. The molecule has 0 fully saturated rings. The second-order valence-electron chi connectivity index (χ2n) is 36.1. The van der Waals surface area contributed by atoms with E-state index in [0.717, 1.165) is 128 Å². The summed E-state index contributed by atoms with van der Waals surface area (Å²) in [5.74, 6) is 5.50. The zero-order chi connectivity index (χ0) is 96.7. The second kappa shape index (κ2) is 39.0. The van der Waals surface area contributed by atoms with Gasteiger partial charge in [0.25, 0.3) is 0 Å². The molecule has 16 heteroatoms. The van der Waals surface area contributed by atoms with Crippen LogP contribution in [0.3, 0.4) is 0 Å². The van der Waals surface area contributed by atoms with Gasteiger partial charge in [0, 0.05) is 141 Å². The summed E-state index contributed by atoms with van der Waals surface area (Å²) in [6.07, 6.45) is 0. The van der Waals surface area contributed by atoms with Crippen LogP contribution in [0, 0.1) is 11.3 Å². The van der Waals surface area contributed by atoms with Gasteiger partial charge in [-0.15, -0.1) is 22.7 Å². The first-order chi connectivity index (χ1) is 72.3. The van der Waals surface area contributed by atoms with Crippen molar-refractivity contribution < 1.29 is 4.42 Å². The highest BCUT2D eigenvalue weighted by molar-refractivity contribution is 7.27. The van der Waals surface area contributed by atoms with Crippen molar-refractivity contribution in [3.8, 4) is 148 Å². The largest absolute Gasteiger partial charge is 0.454 e. The molecular formula is C133H91N13OS2. The molecule has 29 rings (SSSR count). The van der Waals surface area contributed by atoms with Gasteiger partial charge in [0.1, 0.15) is 5.58 Å². The fourth-order valence-corrected chi connectivity index (χ4v) is 23.0. The Morgan fingerprint density at radius 3 is 0.826 bits per heavy atom. The topological polar surface area (TPSA) is 168 Å². The van der Waals surface area contributed by atoms with Crippen LogP contribution in [0.15, 0.2) is 484 Å². The molecule has 149 heavy (non-hydrogen) atoms. The number of aromatic nitrogens is 12. The van der Waals surface area contributed by atoms with Crippen molar-refractivity contribution in [1.29, 1.82) is 5.26 Å². The van der Waals surface area contributed by atoms with E-state index in [-0.39, 0.29) is 22.3 Å². The summed E-state index contributed by atoms with van der Waals surface area (Å²) in [5, 5.41) is 24.2. The van der Waals surface area contributed by atoms with E-state index in [1.54, 1.807) is 6.07 Å². The van der Waals surface area contributed by atoms with Gasteiger partial charge in [-0.2, -0.15) is 5.26 Å². The first-order valence-electron chi connectivity index (χ1n) is 48.4. The Morgan fingerprint density at radius 2 is 0.456 bits per heavy atom. The maximum atomic E-state index is 9.50. The van der Waals surface area contributed by atoms with Crippen LogP contribution in [-0.4, -0.2) is 58.6 Å². The lowest BCUT2D eigenvalue weighted by molar-refractivity contribution is 0.671. The molecular weight excluding hydrogens is 1860 g/mol. The van der Waals surface area contributed by atoms with Gasteiger partial charge in [-0.1, -0.05) is 362 Å². The summed E-state index contributed by atoms with van der Waals surface area (Å²) in [4.78, 5) is 44.7. The second-order valence-corrected chi connectivity index (χ2v) is 38.2. The molecule has 706 valence electrons. The molecule has 0 radical (unpaired) electrons. The van der Waals surface area contributed by atoms with Crippen molar-refractivity contribution in [2.45, 2.75) is 22.3 Å². The number of nitrogens with zero attached hydrogens (tertiary/aromatic N) is 13. The molecule has 0 saturated carbocycles. The van der Waals surface area contributed by atoms with E-state index in [1.807, 2.05) is 156 Å². The van der Waals surface area contributed by atoms with Crippen LogP contribution < -0.4 is 0 Å². The number of benzene rings is 20. The van der Waals surface area contributed by atoms with Crippen molar-refractivity contribution >= 4 is 150 Å². The molecule has 0 aliphatic carbocycles. The quantitative estimate of drug-likeness (QED) is 0.102. The Balaban J connectivity index is 0.000000118. The minimum Gasteiger partial charge on any atom is -0.454 e. The first-order valence-corrected chi connectivity index (χ1v) is 50.0. The first kappa shape index (κ1) is 92.0. The Labute approximate surface area is 867 Å². The van der Waals surface area contributed by atoms with Gasteiger partial charge in [0.2, 0.25) is 0 Å². The minimum absolute atomic E-state index is 0. The Kier molecular flexibility index (Phi) is 24.1. The average Bonchev–Trinajstić information content (AvgIpc) is 1.57. The maximum absolute atomic E-state index is 9.50. The van der Waals surface area contributed by atoms with Crippen molar-refractivity contribution in [3.63, 3.8) is 0 Å². The number of hydrogen-bond donors (Lipinski definition) is 0. The van der Waals surface area contributed by atoms with Gasteiger partial charge < -0.3 is 18.1 Å². The van der Waals surface area contributed by atoms with E-state index >= 15 is 0 Å². The van der Waals surface area contributed by atoms with E-state index in [0.29, 0.717) is 58.0 Å². The molecule has 0 aliphatic heterocycles. The highest BCUT2D eigenvalue weighted by Gasteiger charge is 2.26. The van der Waals surface area contributed by atoms with Crippen LogP contribution in [0.4, 0.5) is 0 Å². The third kappa shape index (κ3) is 16.7. The van der Waals surface area contributed by atoms with Gasteiger partial charge in [-0.3, -0.25) is 0 Å². The van der Waals surface area contributed by atoms with Gasteiger partial charge in [0.05, 0.1) is 54.1 Å². The van der Waals surface area contributed by atoms with Crippen LogP contribution in [0.5, 0.6) is 0 Å². The smallest absolute Gasteiger partial charge is 0.164 e. The summed E-state index contributed by atoms with van der Waals surface area (Å²) in [6.45, 7) is 0. The Hall–Kier alpha value is -19.4. The average molecular weight is 1950 g/mol. The molecule has 0 unspecified atom stereocenters. The molecule has 20 aromatic carbocycles. The van der Waals surface area contributed by atoms with Crippen molar-refractivity contribution in [2.24, 2.45) is 0 Å². The third-order valence-corrected chi connectivity index (χ3v) is 29.8. The summed E-state index contributed by atoms with van der Waals surface area (Å²) in [5.41, 5.74) is 25.2. The van der Waals surface area contributed by atoms with Gasteiger partial charge in [-0.25, -0.2) is 44.9 Å². The maximum Gasteiger partial charge on any atom is 0.164 e. The molecule has 0 saturated heterocycles. The lowest BCUT2D eigenvalue weighted by Crippen LogP contribution is -2.00. The third-order valence-electron chi connectivity index (χ3n) is 27.4. The zero-order valence-corrected chi connectivity index (χ0v) is 79.8. The highest BCUT2D eigenvalue weighted by atomic mass is 32.1. The number of fused-ring (bicyclic) bond motifs is 21. The van der Waals surface area contributed by atoms with Crippen molar-refractivity contribution in [2.75, 3.05) is 0 Å². The molecule has 0 aliphatic rings. The molecule has 0 N–H and O–H groups in total. The Morgan fingerprint density at radius 1 is 0.195 bits per heavy atom. The van der Waals surface area contributed by atoms with Crippen LogP contribution >= 0.6 is 22.7 Å². The Bertz CT molecular complexity index is 9810. The van der Waals surface area contributed by atoms with Gasteiger partial charge in [-0.05, 0) is 162 Å². The zero-order valence-electron chi connectivity index (χ0n) is 78.1. The van der Waals surface area contributed by atoms with Gasteiger partial charge in [0.15, 0.2) is 58.0 Å². The lowest BCUT2D eigenvalue weighted by atomic mass is 10.0. The molecule has 9 heterocycles. The number of nitriles is 1. The minimum atomic E-state index is 0.